The molecular formula is C13H17NO3. The van der Waals surface area contributed by atoms with E-state index in [4.69, 9.17) is 9.84 Å². The zero-order valence-corrected chi connectivity index (χ0v) is 9.85. The molecule has 2 rings (SSSR count). The van der Waals surface area contributed by atoms with Crippen molar-refractivity contribution >= 4 is 5.97 Å². The van der Waals surface area contributed by atoms with Gasteiger partial charge in [0.2, 0.25) is 0 Å². The highest BCUT2D eigenvalue weighted by Gasteiger charge is 2.28. The molecule has 1 fully saturated rings. The van der Waals surface area contributed by atoms with Crippen molar-refractivity contribution in [3.8, 4) is 5.75 Å². The Kier molecular flexibility index (Phi) is 3.64. The summed E-state index contributed by atoms with van der Waals surface area (Å²) < 4.78 is 5.17. The Morgan fingerprint density at radius 2 is 2.41 bits per heavy atom. The maximum atomic E-state index is 10.8. The SMILES string of the molecule is COc1cccc(C[C@@H]2CN[C@H](C(=O)O)C2)c1. The topological polar surface area (TPSA) is 58.6 Å². The second kappa shape index (κ2) is 5.19. The number of benzene rings is 1. The number of methoxy groups -OCH3 is 1. The molecule has 1 aliphatic rings. The fourth-order valence-electron chi connectivity index (χ4n) is 2.29. The summed E-state index contributed by atoms with van der Waals surface area (Å²) in [5.41, 5.74) is 1.20. The van der Waals surface area contributed by atoms with Gasteiger partial charge in [-0.05, 0) is 43.0 Å². The van der Waals surface area contributed by atoms with Crippen LogP contribution >= 0.6 is 0 Å². The summed E-state index contributed by atoms with van der Waals surface area (Å²) in [5, 5.41) is 11.9. The number of rotatable bonds is 4. The Hall–Kier alpha value is -1.55. The van der Waals surface area contributed by atoms with E-state index in [0.29, 0.717) is 12.3 Å². The van der Waals surface area contributed by atoms with Crippen LogP contribution in [0.1, 0.15) is 12.0 Å². The van der Waals surface area contributed by atoms with Crippen LogP contribution in [0.4, 0.5) is 0 Å². The molecule has 0 aliphatic carbocycles. The average molecular weight is 235 g/mol. The molecule has 0 saturated carbocycles. The van der Waals surface area contributed by atoms with Gasteiger partial charge >= 0.3 is 5.97 Å². The van der Waals surface area contributed by atoms with Crippen molar-refractivity contribution in [2.75, 3.05) is 13.7 Å². The van der Waals surface area contributed by atoms with Crippen LogP contribution in [0.5, 0.6) is 5.75 Å². The lowest BCUT2D eigenvalue weighted by Crippen LogP contribution is -2.29. The molecule has 0 aromatic heterocycles. The molecule has 17 heavy (non-hydrogen) atoms. The van der Waals surface area contributed by atoms with Gasteiger partial charge in [0, 0.05) is 0 Å². The highest BCUT2D eigenvalue weighted by Crippen LogP contribution is 2.21. The number of carboxylic acids is 1. The monoisotopic (exact) mass is 235 g/mol. The lowest BCUT2D eigenvalue weighted by molar-refractivity contribution is -0.139. The fraction of sp³-hybridized carbons (Fsp3) is 0.462. The van der Waals surface area contributed by atoms with Gasteiger partial charge in [-0.1, -0.05) is 12.1 Å². The van der Waals surface area contributed by atoms with Crippen molar-refractivity contribution in [1.29, 1.82) is 0 Å². The predicted octanol–water partition coefficient (Wildman–Crippen LogP) is 1.30. The number of ether oxygens (including phenoxy) is 1. The molecule has 2 atom stereocenters. The van der Waals surface area contributed by atoms with E-state index >= 15 is 0 Å². The maximum absolute atomic E-state index is 10.8. The summed E-state index contributed by atoms with van der Waals surface area (Å²) in [4.78, 5) is 10.8. The molecule has 1 saturated heterocycles. The summed E-state index contributed by atoms with van der Waals surface area (Å²) in [6.07, 6.45) is 1.60. The number of hydrogen-bond acceptors (Lipinski definition) is 3. The molecule has 1 aromatic rings. The van der Waals surface area contributed by atoms with E-state index in [0.717, 1.165) is 18.7 Å². The smallest absolute Gasteiger partial charge is 0.320 e. The third kappa shape index (κ3) is 2.97. The van der Waals surface area contributed by atoms with Crippen molar-refractivity contribution in [3.63, 3.8) is 0 Å². The van der Waals surface area contributed by atoms with Crippen molar-refractivity contribution in [2.45, 2.75) is 18.9 Å². The van der Waals surface area contributed by atoms with E-state index in [9.17, 15) is 4.79 Å². The van der Waals surface area contributed by atoms with E-state index in [-0.39, 0.29) is 6.04 Å². The predicted molar refractivity (Wildman–Crippen MR) is 64.2 cm³/mol. The molecule has 0 radical (unpaired) electrons. The van der Waals surface area contributed by atoms with Crippen LogP contribution in [0.15, 0.2) is 24.3 Å². The normalized spacial score (nSPS) is 23.6. The molecule has 4 heteroatoms. The van der Waals surface area contributed by atoms with Gasteiger partial charge < -0.3 is 15.2 Å². The molecule has 1 heterocycles. The van der Waals surface area contributed by atoms with Crippen molar-refractivity contribution in [3.05, 3.63) is 29.8 Å². The molecule has 92 valence electrons. The summed E-state index contributed by atoms with van der Waals surface area (Å²) in [6.45, 7) is 0.772. The first kappa shape index (κ1) is 11.9. The highest BCUT2D eigenvalue weighted by atomic mass is 16.5. The van der Waals surface area contributed by atoms with E-state index in [1.54, 1.807) is 7.11 Å². The van der Waals surface area contributed by atoms with Gasteiger partial charge in [0.05, 0.1) is 7.11 Å². The van der Waals surface area contributed by atoms with E-state index < -0.39 is 5.97 Å². The van der Waals surface area contributed by atoms with Crippen LogP contribution in [-0.2, 0) is 11.2 Å². The van der Waals surface area contributed by atoms with Gasteiger partial charge in [-0.25, -0.2) is 0 Å². The summed E-state index contributed by atoms with van der Waals surface area (Å²) in [7, 11) is 1.65. The Bertz CT molecular complexity index is 405. The molecule has 1 aliphatic heterocycles. The third-order valence-electron chi connectivity index (χ3n) is 3.18. The highest BCUT2D eigenvalue weighted by molar-refractivity contribution is 5.73. The van der Waals surface area contributed by atoms with Gasteiger partial charge in [0.15, 0.2) is 0 Å². The van der Waals surface area contributed by atoms with E-state index in [1.807, 2.05) is 18.2 Å². The van der Waals surface area contributed by atoms with Crippen LogP contribution < -0.4 is 10.1 Å². The van der Waals surface area contributed by atoms with Gasteiger partial charge in [0.25, 0.3) is 0 Å². The van der Waals surface area contributed by atoms with Gasteiger partial charge in [-0.3, -0.25) is 4.79 Å². The van der Waals surface area contributed by atoms with Crippen LogP contribution in [0.3, 0.4) is 0 Å². The Morgan fingerprint density at radius 1 is 1.59 bits per heavy atom. The third-order valence-corrected chi connectivity index (χ3v) is 3.18. The molecule has 1 aromatic carbocycles. The number of carboxylic acid groups (broad SMARTS) is 1. The molecule has 2 N–H and O–H groups in total. The molecule has 0 unspecified atom stereocenters. The van der Waals surface area contributed by atoms with E-state index in [1.165, 1.54) is 5.56 Å². The van der Waals surface area contributed by atoms with Gasteiger partial charge in [0.1, 0.15) is 11.8 Å². The number of hydrogen-bond donors (Lipinski definition) is 2. The second-order valence-corrected chi connectivity index (χ2v) is 4.46. The Balaban J connectivity index is 1.95. The minimum atomic E-state index is -0.752. The zero-order valence-electron chi connectivity index (χ0n) is 9.85. The maximum Gasteiger partial charge on any atom is 0.320 e. The van der Waals surface area contributed by atoms with Gasteiger partial charge in [-0.2, -0.15) is 0 Å². The standard InChI is InChI=1S/C13H17NO3/c1-17-11-4-2-3-9(6-11)5-10-7-12(13(15)16)14-8-10/h2-4,6,10,12,14H,5,7-8H2,1H3,(H,15,16)/t10-,12-/m0/s1. The first-order chi connectivity index (χ1) is 8.19. The van der Waals surface area contributed by atoms with E-state index in [2.05, 4.69) is 11.4 Å². The van der Waals surface area contributed by atoms with Crippen LogP contribution in [-0.4, -0.2) is 30.8 Å². The first-order valence-corrected chi connectivity index (χ1v) is 5.78. The summed E-state index contributed by atoms with van der Waals surface area (Å²) in [6, 6.07) is 7.55. The quantitative estimate of drug-likeness (QED) is 0.826. The average Bonchev–Trinajstić information content (AvgIpc) is 2.78. The zero-order chi connectivity index (χ0) is 12.3. The molecule has 0 bridgehead atoms. The van der Waals surface area contributed by atoms with Crippen LogP contribution in [0.2, 0.25) is 0 Å². The van der Waals surface area contributed by atoms with Crippen LogP contribution in [0, 0.1) is 5.92 Å². The summed E-state index contributed by atoms with van der Waals surface area (Å²) >= 11 is 0. The molecule has 0 spiro atoms. The van der Waals surface area contributed by atoms with Crippen molar-refractivity contribution < 1.29 is 14.6 Å². The largest absolute Gasteiger partial charge is 0.497 e. The minimum absolute atomic E-state index is 0.384. The van der Waals surface area contributed by atoms with Gasteiger partial charge in [-0.15, -0.1) is 0 Å². The summed E-state index contributed by atoms with van der Waals surface area (Å²) in [5.74, 6) is 0.490. The lowest BCUT2D eigenvalue weighted by atomic mass is 9.96. The Labute approximate surface area is 101 Å². The molecule has 4 nitrogen and oxygen atoms in total. The number of carbonyl (C=O) groups is 1. The number of nitrogens with one attached hydrogen (secondary N) is 1. The van der Waals surface area contributed by atoms with Crippen molar-refractivity contribution in [1.82, 2.24) is 5.32 Å². The fourth-order valence-corrected chi connectivity index (χ4v) is 2.29. The minimum Gasteiger partial charge on any atom is -0.497 e. The Morgan fingerprint density at radius 3 is 3.06 bits per heavy atom. The first-order valence-electron chi connectivity index (χ1n) is 5.78. The van der Waals surface area contributed by atoms with Crippen molar-refractivity contribution in [2.24, 2.45) is 5.92 Å². The molecular weight excluding hydrogens is 218 g/mol. The second-order valence-electron chi connectivity index (χ2n) is 4.46. The lowest BCUT2D eigenvalue weighted by Gasteiger charge is -2.09. The molecule has 0 amide bonds. The number of aliphatic carboxylic acids is 1. The van der Waals surface area contributed by atoms with Crippen LogP contribution in [0.25, 0.3) is 0 Å².